The molecule has 0 bridgehead atoms. The van der Waals surface area contributed by atoms with Gasteiger partial charge in [-0.25, -0.2) is 0 Å². The average molecular weight is 254 g/mol. The molecule has 0 spiro atoms. The van der Waals surface area contributed by atoms with Gasteiger partial charge in [-0.05, 0) is 47.0 Å². The molecule has 2 atom stereocenters. The lowest BCUT2D eigenvalue weighted by atomic mass is 9.95. The first-order chi connectivity index (χ1) is 8.32. The molecule has 0 amide bonds. The van der Waals surface area contributed by atoms with Gasteiger partial charge in [-0.3, -0.25) is 4.90 Å². The topological polar surface area (TPSA) is 24.5 Å². The van der Waals surface area contributed by atoms with Crippen molar-refractivity contribution < 1.29 is 4.74 Å². The van der Waals surface area contributed by atoms with Crippen molar-refractivity contribution in [1.82, 2.24) is 10.2 Å². The van der Waals surface area contributed by atoms with Crippen LogP contribution in [0.4, 0.5) is 0 Å². The molecule has 0 aliphatic carbocycles. The number of nitrogens with zero attached hydrogens (tertiary/aromatic N) is 1. The molecule has 0 saturated carbocycles. The van der Waals surface area contributed by atoms with Crippen LogP contribution in [0, 0.1) is 0 Å². The highest BCUT2D eigenvalue weighted by atomic mass is 16.5. The molecule has 3 nitrogen and oxygen atoms in total. The Bertz CT molecular complexity index is 288. The number of piperazine rings is 1. The lowest BCUT2D eigenvalue weighted by Crippen LogP contribution is -2.63. The van der Waals surface area contributed by atoms with Crippen molar-refractivity contribution in [2.45, 2.75) is 77.2 Å². The molecule has 2 unspecified atom stereocenters. The summed E-state index contributed by atoms with van der Waals surface area (Å²) < 4.78 is 6.15. The maximum atomic E-state index is 6.15. The quantitative estimate of drug-likeness (QED) is 0.837. The zero-order valence-electron chi connectivity index (χ0n) is 12.8. The highest BCUT2D eigenvalue weighted by molar-refractivity contribution is 4.94. The van der Waals surface area contributed by atoms with E-state index in [2.05, 4.69) is 44.8 Å². The lowest BCUT2D eigenvalue weighted by Gasteiger charge is -2.47. The van der Waals surface area contributed by atoms with E-state index in [4.69, 9.17) is 4.74 Å². The van der Waals surface area contributed by atoms with E-state index in [9.17, 15) is 0 Å². The summed E-state index contributed by atoms with van der Waals surface area (Å²) in [6.45, 7) is 14.7. The van der Waals surface area contributed by atoms with Crippen LogP contribution >= 0.6 is 0 Å². The van der Waals surface area contributed by atoms with Crippen LogP contribution in [0.3, 0.4) is 0 Å². The van der Waals surface area contributed by atoms with E-state index < -0.39 is 0 Å². The Hall–Kier alpha value is -0.120. The minimum absolute atomic E-state index is 0.0903. The molecule has 0 radical (unpaired) electrons. The van der Waals surface area contributed by atoms with Crippen molar-refractivity contribution in [3.05, 3.63) is 0 Å². The normalized spacial score (nSPS) is 35.8. The number of hydrogen-bond acceptors (Lipinski definition) is 3. The van der Waals surface area contributed by atoms with E-state index >= 15 is 0 Å². The summed E-state index contributed by atoms with van der Waals surface area (Å²) in [5, 5.41) is 3.65. The first-order valence-electron chi connectivity index (χ1n) is 7.49. The fraction of sp³-hybridized carbons (Fsp3) is 1.00. The Morgan fingerprint density at radius 1 is 1.28 bits per heavy atom. The number of rotatable bonds is 3. The Labute approximate surface area is 112 Å². The van der Waals surface area contributed by atoms with E-state index in [1.165, 1.54) is 19.3 Å². The molecule has 0 aromatic heterocycles. The highest BCUT2D eigenvalue weighted by Crippen LogP contribution is 2.31. The second kappa shape index (κ2) is 5.10. The minimum Gasteiger partial charge on any atom is -0.371 e. The van der Waals surface area contributed by atoms with Gasteiger partial charge in [0.1, 0.15) is 0 Å². The molecule has 2 aliphatic heterocycles. The SMILES string of the molecule is CCC1CN(CC2CCC(C)(C)O2)C(C)(C)CN1. The third-order valence-corrected chi connectivity index (χ3v) is 4.59. The Balaban J connectivity index is 1.93. The van der Waals surface area contributed by atoms with Gasteiger partial charge in [0.25, 0.3) is 0 Å². The van der Waals surface area contributed by atoms with E-state index in [1.807, 2.05) is 0 Å². The van der Waals surface area contributed by atoms with Crippen molar-refractivity contribution >= 4 is 0 Å². The van der Waals surface area contributed by atoms with E-state index in [-0.39, 0.29) is 11.1 Å². The summed E-state index contributed by atoms with van der Waals surface area (Å²) in [6.07, 6.45) is 4.05. The number of hydrogen-bond donors (Lipinski definition) is 1. The summed E-state index contributed by atoms with van der Waals surface area (Å²) >= 11 is 0. The molecule has 0 aromatic carbocycles. The predicted octanol–water partition coefficient (Wildman–Crippen LogP) is 2.41. The third-order valence-electron chi connectivity index (χ3n) is 4.59. The van der Waals surface area contributed by atoms with Crippen molar-refractivity contribution in [2.75, 3.05) is 19.6 Å². The van der Waals surface area contributed by atoms with Gasteiger partial charge in [0.2, 0.25) is 0 Å². The van der Waals surface area contributed by atoms with Crippen LogP contribution in [0.1, 0.15) is 53.9 Å². The largest absolute Gasteiger partial charge is 0.371 e. The molecule has 106 valence electrons. The molecule has 3 heteroatoms. The smallest absolute Gasteiger partial charge is 0.0710 e. The van der Waals surface area contributed by atoms with Crippen LogP contribution in [-0.4, -0.2) is 47.8 Å². The van der Waals surface area contributed by atoms with Crippen molar-refractivity contribution in [2.24, 2.45) is 0 Å². The zero-order valence-corrected chi connectivity index (χ0v) is 12.8. The molecule has 18 heavy (non-hydrogen) atoms. The summed E-state index contributed by atoms with van der Waals surface area (Å²) in [6, 6.07) is 0.646. The molecule has 2 saturated heterocycles. The van der Waals surface area contributed by atoms with Crippen molar-refractivity contribution in [3.8, 4) is 0 Å². The van der Waals surface area contributed by atoms with Crippen molar-refractivity contribution in [1.29, 1.82) is 0 Å². The highest BCUT2D eigenvalue weighted by Gasteiger charge is 2.38. The van der Waals surface area contributed by atoms with Gasteiger partial charge in [-0.15, -0.1) is 0 Å². The molecule has 1 N–H and O–H groups in total. The second-order valence-electron chi connectivity index (χ2n) is 7.24. The number of nitrogens with one attached hydrogen (secondary N) is 1. The molecule has 2 rings (SSSR count). The van der Waals surface area contributed by atoms with Gasteiger partial charge in [-0.2, -0.15) is 0 Å². The standard InChI is InChI=1S/C15H30N2O/c1-6-12-9-17(14(2,3)11-16-12)10-13-7-8-15(4,5)18-13/h12-13,16H,6-11H2,1-5H3. The Morgan fingerprint density at radius 3 is 2.56 bits per heavy atom. The van der Waals surface area contributed by atoms with Crippen LogP contribution < -0.4 is 5.32 Å². The van der Waals surface area contributed by atoms with Gasteiger partial charge < -0.3 is 10.1 Å². The molecular weight excluding hydrogens is 224 g/mol. The second-order valence-corrected chi connectivity index (χ2v) is 7.24. The van der Waals surface area contributed by atoms with Gasteiger partial charge in [0.05, 0.1) is 11.7 Å². The third kappa shape index (κ3) is 3.25. The summed E-state index contributed by atoms with van der Waals surface area (Å²) in [5.74, 6) is 0. The minimum atomic E-state index is 0.0903. The fourth-order valence-corrected chi connectivity index (χ4v) is 3.13. The monoisotopic (exact) mass is 254 g/mol. The van der Waals surface area contributed by atoms with E-state index in [0.717, 1.165) is 19.6 Å². The average Bonchev–Trinajstić information content (AvgIpc) is 2.61. The summed E-state index contributed by atoms with van der Waals surface area (Å²) in [5.41, 5.74) is 0.342. The lowest BCUT2D eigenvalue weighted by molar-refractivity contribution is -0.0496. The Kier molecular flexibility index (Phi) is 4.05. The maximum Gasteiger partial charge on any atom is 0.0710 e. The van der Waals surface area contributed by atoms with Crippen LogP contribution in [0.15, 0.2) is 0 Å². The molecular formula is C15H30N2O. The van der Waals surface area contributed by atoms with Gasteiger partial charge >= 0.3 is 0 Å². The van der Waals surface area contributed by atoms with E-state index in [1.54, 1.807) is 0 Å². The maximum absolute atomic E-state index is 6.15. The molecule has 0 aromatic rings. The summed E-state index contributed by atoms with van der Waals surface area (Å²) in [4.78, 5) is 2.63. The van der Waals surface area contributed by atoms with Crippen LogP contribution in [0.25, 0.3) is 0 Å². The van der Waals surface area contributed by atoms with Crippen molar-refractivity contribution in [3.63, 3.8) is 0 Å². The fourth-order valence-electron chi connectivity index (χ4n) is 3.13. The first kappa shape index (κ1) is 14.3. The van der Waals surface area contributed by atoms with E-state index in [0.29, 0.717) is 12.1 Å². The molecule has 2 aliphatic rings. The van der Waals surface area contributed by atoms with Gasteiger partial charge in [-0.1, -0.05) is 6.92 Å². The van der Waals surface area contributed by atoms with Crippen LogP contribution in [0.5, 0.6) is 0 Å². The predicted molar refractivity (Wildman–Crippen MR) is 75.9 cm³/mol. The zero-order chi connectivity index (χ0) is 13.4. The van der Waals surface area contributed by atoms with Crippen LogP contribution in [-0.2, 0) is 4.74 Å². The summed E-state index contributed by atoms with van der Waals surface area (Å²) in [7, 11) is 0. The van der Waals surface area contributed by atoms with Crippen LogP contribution in [0.2, 0.25) is 0 Å². The molecule has 2 heterocycles. The van der Waals surface area contributed by atoms with Gasteiger partial charge in [0.15, 0.2) is 0 Å². The number of ether oxygens (including phenoxy) is 1. The first-order valence-corrected chi connectivity index (χ1v) is 7.49. The Morgan fingerprint density at radius 2 is 2.00 bits per heavy atom. The molecule has 2 fully saturated rings. The van der Waals surface area contributed by atoms with Gasteiger partial charge in [0, 0.05) is 31.2 Å².